The molecule has 0 aliphatic carbocycles. The van der Waals surface area contributed by atoms with Crippen molar-refractivity contribution in [3.05, 3.63) is 95.3 Å². The van der Waals surface area contributed by atoms with Gasteiger partial charge in [-0.3, -0.25) is 14.6 Å². The number of rotatable bonds is 8. The number of benzene rings is 2. The molecule has 2 unspecified atom stereocenters. The van der Waals surface area contributed by atoms with Crippen LogP contribution in [0.15, 0.2) is 72.9 Å². The number of ether oxygens (including phenoxy) is 1. The second-order valence-electron chi connectivity index (χ2n) is 9.41. The van der Waals surface area contributed by atoms with Crippen molar-refractivity contribution >= 4 is 11.8 Å². The largest absolute Gasteiger partial charge is 0.481 e. The zero-order chi connectivity index (χ0) is 24.8. The Hall–Kier alpha value is -3.67. The van der Waals surface area contributed by atoms with Crippen LogP contribution < -0.4 is 10.1 Å². The fourth-order valence-corrected chi connectivity index (χ4v) is 4.48. The van der Waals surface area contributed by atoms with Crippen LogP contribution in [-0.2, 0) is 22.6 Å². The summed E-state index contributed by atoms with van der Waals surface area (Å²) in [4.78, 5) is 32.0. The fourth-order valence-electron chi connectivity index (χ4n) is 4.48. The van der Waals surface area contributed by atoms with E-state index in [4.69, 9.17) is 4.74 Å². The van der Waals surface area contributed by atoms with Gasteiger partial charge in [-0.25, -0.2) is 0 Å². The number of amides is 2. The van der Waals surface area contributed by atoms with E-state index in [9.17, 15) is 9.59 Å². The van der Waals surface area contributed by atoms with Gasteiger partial charge in [-0.15, -0.1) is 0 Å². The Morgan fingerprint density at radius 3 is 2.54 bits per heavy atom. The molecule has 0 bridgehead atoms. The van der Waals surface area contributed by atoms with Crippen LogP contribution in [0, 0.1) is 5.92 Å². The molecule has 1 aliphatic heterocycles. The van der Waals surface area contributed by atoms with Gasteiger partial charge >= 0.3 is 0 Å². The molecule has 35 heavy (non-hydrogen) atoms. The molecule has 1 aromatic heterocycles. The second kappa shape index (κ2) is 11.2. The van der Waals surface area contributed by atoms with Crippen LogP contribution in [0.2, 0.25) is 0 Å². The molecule has 0 spiro atoms. The summed E-state index contributed by atoms with van der Waals surface area (Å²) in [5, 5.41) is 2.88. The third-order valence-electron chi connectivity index (χ3n) is 6.22. The lowest BCUT2D eigenvalue weighted by atomic mass is 9.87. The number of carbonyl (C=O) groups excluding carboxylic acids is 2. The van der Waals surface area contributed by atoms with Crippen LogP contribution in [0.3, 0.4) is 0 Å². The SMILES string of the molecule is CC(C)CC(=O)N1CCc2ccc(OC(C)C(=O)NCc3ccccn3)cc2C1c1ccccc1. The third kappa shape index (κ3) is 6.07. The summed E-state index contributed by atoms with van der Waals surface area (Å²) in [5.74, 6) is 0.860. The first kappa shape index (κ1) is 24.5. The molecule has 6 heteroatoms. The van der Waals surface area contributed by atoms with Gasteiger partial charge in [0.25, 0.3) is 5.91 Å². The van der Waals surface area contributed by atoms with Crippen molar-refractivity contribution in [3.8, 4) is 5.75 Å². The Balaban J connectivity index is 1.54. The van der Waals surface area contributed by atoms with Gasteiger partial charge < -0.3 is 15.0 Å². The minimum absolute atomic E-state index is 0.160. The predicted molar refractivity (Wildman–Crippen MR) is 136 cm³/mol. The summed E-state index contributed by atoms with van der Waals surface area (Å²) < 4.78 is 6.04. The Morgan fingerprint density at radius 1 is 1.06 bits per heavy atom. The van der Waals surface area contributed by atoms with Crippen LogP contribution in [-0.4, -0.2) is 34.3 Å². The molecule has 2 atom stereocenters. The third-order valence-corrected chi connectivity index (χ3v) is 6.22. The molecule has 3 aromatic rings. The zero-order valence-corrected chi connectivity index (χ0v) is 20.6. The molecule has 0 fully saturated rings. The molecule has 4 rings (SSSR count). The van der Waals surface area contributed by atoms with Gasteiger partial charge in [0.1, 0.15) is 5.75 Å². The van der Waals surface area contributed by atoms with Crippen LogP contribution >= 0.6 is 0 Å². The quantitative estimate of drug-likeness (QED) is 0.518. The van der Waals surface area contributed by atoms with Gasteiger partial charge in [-0.05, 0) is 60.2 Å². The van der Waals surface area contributed by atoms with E-state index in [0.717, 1.165) is 23.2 Å². The summed E-state index contributed by atoms with van der Waals surface area (Å²) in [6.45, 7) is 6.91. The summed E-state index contributed by atoms with van der Waals surface area (Å²) in [5.41, 5.74) is 4.12. The minimum Gasteiger partial charge on any atom is -0.481 e. The molecule has 182 valence electrons. The number of aromatic nitrogens is 1. The molecule has 0 saturated heterocycles. The average Bonchev–Trinajstić information content (AvgIpc) is 2.87. The molecule has 0 saturated carbocycles. The van der Waals surface area contributed by atoms with Gasteiger partial charge in [0.05, 0.1) is 18.3 Å². The Morgan fingerprint density at radius 2 is 1.83 bits per heavy atom. The predicted octanol–water partition coefficient (Wildman–Crippen LogP) is 4.69. The first-order valence-corrected chi connectivity index (χ1v) is 12.2. The summed E-state index contributed by atoms with van der Waals surface area (Å²) in [6.07, 6.45) is 2.34. The molecular formula is C29H33N3O3. The van der Waals surface area contributed by atoms with E-state index in [1.54, 1.807) is 13.1 Å². The Kier molecular flexibility index (Phi) is 7.80. The van der Waals surface area contributed by atoms with E-state index in [0.29, 0.717) is 31.2 Å². The van der Waals surface area contributed by atoms with E-state index >= 15 is 0 Å². The summed E-state index contributed by atoms with van der Waals surface area (Å²) in [7, 11) is 0. The Bertz CT molecular complexity index is 1150. The van der Waals surface area contributed by atoms with Crippen molar-refractivity contribution in [1.29, 1.82) is 0 Å². The van der Waals surface area contributed by atoms with E-state index in [2.05, 4.69) is 42.3 Å². The van der Waals surface area contributed by atoms with Crippen LogP contribution in [0.4, 0.5) is 0 Å². The maximum atomic E-state index is 13.2. The molecule has 0 radical (unpaired) electrons. The van der Waals surface area contributed by atoms with Gasteiger partial charge in [0, 0.05) is 19.2 Å². The van der Waals surface area contributed by atoms with Crippen molar-refractivity contribution < 1.29 is 14.3 Å². The van der Waals surface area contributed by atoms with Crippen molar-refractivity contribution in [2.75, 3.05) is 6.54 Å². The number of hydrogen-bond acceptors (Lipinski definition) is 4. The highest BCUT2D eigenvalue weighted by Crippen LogP contribution is 2.38. The topological polar surface area (TPSA) is 71.5 Å². The number of nitrogens with zero attached hydrogens (tertiary/aromatic N) is 2. The highest BCUT2D eigenvalue weighted by Gasteiger charge is 2.32. The van der Waals surface area contributed by atoms with Gasteiger partial charge in [0.2, 0.25) is 5.91 Å². The molecule has 1 aliphatic rings. The van der Waals surface area contributed by atoms with Crippen LogP contribution in [0.25, 0.3) is 0 Å². The number of carbonyl (C=O) groups is 2. The van der Waals surface area contributed by atoms with Gasteiger partial charge in [-0.2, -0.15) is 0 Å². The number of pyridine rings is 1. The fraction of sp³-hybridized carbons (Fsp3) is 0.345. The Labute approximate surface area is 207 Å². The van der Waals surface area contributed by atoms with Crippen LogP contribution in [0.1, 0.15) is 55.6 Å². The second-order valence-corrected chi connectivity index (χ2v) is 9.41. The van der Waals surface area contributed by atoms with Gasteiger partial charge in [-0.1, -0.05) is 56.3 Å². The lowest BCUT2D eigenvalue weighted by Crippen LogP contribution is -2.41. The van der Waals surface area contributed by atoms with Crippen molar-refractivity contribution in [3.63, 3.8) is 0 Å². The molecule has 2 heterocycles. The van der Waals surface area contributed by atoms with E-state index < -0.39 is 6.10 Å². The number of nitrogens with one attached hydrogen (secondary N) is 1. The molecule has 6 nitrogen and oxygen atoms in total. The molecule has 1 N–H and O–H groups in total. The highest BCUT2D eigenvalue weighted by atomic mass is 16.5. The maximum Gasteiger partial charge on any atom is 0.261 e. The van der Waals surface area contributed by atoms with E-state index in [1.807, 2.05) is 53.4 Å². The van der Waals surface area contributed by atoms with Crippen molar-refractivity contribution in [2.24, 2.45) is 5.92 Å². The smallest absolute Gasteiger partial charge is 0.261 e. The number of hydrogen-bond donors (Lipinski definition) is 1. The molecule has 2 aromatic carbocycles. The van der Waals surface area contributed by atoms with Crippen molar-refractivity contribution in [2.45, 2.75) is 52.3 Å². The molecule has 2 amide bonds. The van der Waals surface area contributed by atoms with Crippen molar-refractivity contribution in [1.82, 2.24) is 15.2 Å². The van der Waals surface area contributed by atoms with E-state index in [-0.39, 0.29) is 17.9 Å². The average molecular weight is 472 g/mol. The lowest BCUT2D eigenvalue weighted by Gasteiger charge is -2.38. The maximum absolute atomic E-state index is 13.2. The highest BCUT2D eigenvalue weighted by molar-refractivity contribution is 5.80. The zero-order valence-electron chi connectivity index (χ0n) is 20.6. The number of fused-ring (bicyclic) bond motifs is 1. The van der Waals surface area contributed by atoms with Crippen LogP contribution in [0.5, 0.6) is 5.75 Å². The monoisotopic (exact) mass is 471 g/mol. The molecular weight excluding hydrogens is 438 g/mol. The standard InChI is InChI=1S/C29H33N3O3/c1-20(2)17-27(33)32-16-14-22-12-13-25(18-26(22)28(32)23-9-5-4-6-10-23)35-21(3)29(34)31-19-24-11-7-8-15-30-24/h4-13,15,18,20-21,28H,14,16-17,19H2,1-3H3,(H,31,34). The van der Waals surface area contributed by atoms with Gasteiger partial charge in [0.15, 0.2) is 6.10 Å². The van der Waals surface area contributed by atoms with E-state index in [1.165, 1.54) is 5.56 Å². The first-order valence-electron chi connectivity index (χ1n) is 12.2. The summed E-state index contributed by atoms with van der Waals surface area (Å²) >= 11 is 0. The summed E-state index contributed by atoms with van der Waals surface area (Å²) in [6, 6.07) is 21.5. The normalized spacial score (nSPS) is 15.9. The minimum atomic E-state index is -0.672. The lowest BCUT2D eigenvalue weighted by molar-refractivity contribution is -0.134. The first-order chi connectivity index (χ1) is 16.9.